The number of aliphatic hydroxyl groups excluding tert-OH is 1. The number of aliphatic hydroxyl groups is 1. The van der Waals surface area contributed by atoms with Gasteiger partial charge in [0.05, 0.1) is 12.6 Å². The number of hydrogen-bond acceptors (Lipinski definition) is 4. The highest BCUT2D eigenvalue weighted by atomic mass is 16.5. The highest BCUT2D eigenvalue weighted by Gasteiger charge is 2.19. The Balaban J connectivity index is 1.77. The minimum Gasteiger partial charge on any atom is -0.462 e. The van der Waals surface area contributed by atoms with Crippen LogP contribution < -0.4 is 0 Å². The van der Waals surface area contributed by atoms with E-state index >= 15 is 0 Å². The Labute approximate surface area is 102 Å². The van der Waals surface area contributed by atoms with Crippen molar-refractivity contribution in [3.05, 3.63) is 23.7 Å². The summed E-state index contributed by atoms with van der Waals surface area (Å²) >= 11 is 0. The van der Waals surface area contributed by atoms with Crippen LogP contribution in [0.5, 0.6) is 0 Å². The largest absolute Gasteiger partial charge is 0.462 e. The van der Waals surface area contributed by atoms with Gasteiger partial charge in [0.2, 0.25) is 0 Å². The third-order valence-electron chi connectivity index (χ3n) is 3.19. The fourth-order valence-corrected chi connectivity index (χ4v) is 2.28. The van der Waals surface area contributed by atoms with Crippen LogP contribution in [0.4, 0.5) is 0 Å². The molecule has 1 saturated heterocycles. The van der Waals surface area contributed by atoms with Gasteiger partial charge in [-0.15, -0.1) is 0 Å². The second-order valence-electron chi connectivity index (χ2n) is 4.46. The summed E-state index contributed by atoms with van der Waals surface area (Å²) in [5.41, 5.74) is 0. The van der Waals surface area contributed by atoms with Crippen molar-refractivity contribution >= 4 is 0 Å². The van der Waals surface area contributed by atoms with Crippen LogP contribution >= 0.6 is 0 Å². The molecular formula is C13H21NO3. The van der Waals surface area contributed by atoms with E-state index in [0.29, 0.717) is 11.9 Å². The minimum absolute atomic E-state index is 0.0214. The van der Waals surface area contributed by atoms with E-state index < -0.39 is 0 Å². The number of likely N-dealkylation sites (tertiary alicyclic amines) is 1. The molecule has 2 heterocycles. The summed E-state index contributed by atoms with van der Waals surface area (Å²) in [7, 11) is 0. The first kappa shape index (κ1) is 12.6. The Morgan fingerprint density at radius 1 is 1.35 bits per heavy atom. The lowest BCUT2D eigenvalue weighted by molar-refractivity contribution is 0.0111. The molecule has 4 heteroatoms. The normalized spacial score (nSPS) is 18.7. The lowest BCUT2D eigenvalue weighted by Crippen LogP contribution is -2.36. The monoisotopic (exact) mass is 239 g/mol. The van der Waals surface area contributed by atoms with Gasteiger partial charge in [0.1, 0.15) is 18.1 Å². The van der Waals surface area contributed by atoms with E-state index in [-0.39, 0.29) is 6.61 Å². The average molecular weight is 239 g/mol. The van der Waals surface area contributed by atoms with Crippen LogP contribution in [0.25, 0.3) is 0 Å². The van der Waals surface area contributed by atoms with Crippen molar-refractivity contribution in [3.63, 3.8) is 0 Å². The van der Waals surface area contributed by atoms with E-state index in [9.17, 15) is 0 Å². The Bertz CT molecular complexity index is 329. The van der Waals surface area contributed by atoms with Crippen molar-refractivity contribution in [3.8, 4) is 0 Å². The number of piperidine rings is 1. The van der Waals surface area contributed by atoms with Crippen LogP contribution in [0.15, 0.2) is 16.5 Å². The maximum absolute atomic E-state index is 8.93. The summed E-state index contributed by atoms with van der Waals surface area (Å²) in [5, 5.41) is 8.93. The van der Waals surface area contributed by atoms with Crippen molar-refractivity contribution in [2.75, 3.05) is 19.7 Å². The van der Waals surface area contributed by atoms with Crippen LogP contribution in [0, 0.1) is 0 Å². The van der Waals surface area contributed by atoms with Crippen LogP contribution in [-0.4, -0.2) is 35.8 Å². The van der Waals surface area contributed by atoms with Crippen LogP contribution in [0.3, 0.4) is 0 Å². The van der Waals surface area contributed by atoms with E-state index in [4.69, 9.17) is 14.3 Å². The van der Waals surface area contributed by atoms with Crippen LogP contribution in [-0.2, 0) is 17.9 Å². The van der Waals surface area contributed by atoms with E-state index in [0.717, 1.165) is 44.8 Å². The first-order chi connectivity index (χ1) is 8.31. The molecule has 0 saturated carbocycles. The predicted octanol–water partition coefficient (Wildman–Crippen LogP) is 1.77. The number of nitrogens with zero attached hydrogens (tertiary/aromatic N) is 1. The topological polar surface area (TPSA) is 45.8 Å². The van der Waals surface area contributed by atoms with Gasteiger partial charge in [0.25, 0.3) is 0 Å². The quantitative estimate of drug-likeness (QED) is 0.850. The molecule has 1 aromatic heterocycles. The fourth-order valence-electron chi connectivity index (χ4n) is 2.28. The van der Waals surface area contributed by atoms with Gasteiger partial charge in [-0.05, 0) is 31.9 Å². The van der Waals surface area contributed by atoms with Crippen molar-refractivity contribution in [2.24, 2.45) is 0 Å². The van der Waals surface area contributed by atoms with Gasteiger partial charge in [0.15, 0.2) is 0 Å². The molecular weight excluding hydrogens is 218 g/mol. The van der Waals surface area contributed by atoms with E-state index in [1.54, 1.807) is 0 Å². The molecule has 0 atom stereocenters. The molecule has 2 rings (SSSR count). The second kappa shape index (κ2) is 6.19. The molecule has 1 N–H and O–H groups in total. The Hall–Kier alpha value is -0.840. The number of rotatable bonds is 5. The van der Waals surface area contributed by atoms with Crippen molar-refractivity contribution in [2.45, 2.75) is 39.0 Å². The Morgan fingerprint density at radius 2 is 2.06 bits per heavy atom. The zero-order valence-electron chi connectivity index (χ0n) is 10.4. The van der Waals surface area contributed by atoms with Crippen LogP contribution in [0.1, 0.15) is 31.3 Å². The molecule has 1 aliphatic heterocycles. The van der Waals surface area contributed by atoms with Gasteiger partial charge in [-0.1, -0.05) is 0 Å². The molecule has 4 nitrogen and oxygen atoms in total. The first-order valence-corrected chi connectivity index (χ1v) is 6.34. The maximum Gasteiger partial charge on any atom is 0.129 e. The highest BCUT2D eigenvalue weighted by Crippen LogP contribution is 2.17. The van der Waals surface area contributed by atoms with Gasteiger partial charge in [0, 0.05) is 19.7 Å². The lowest BCUT2D eigenvalue weighted by Gasteiger charge is -2.31. The molecule has 0 aromatic carbocycles. The summed E-state index contributed by atoms with van der Waals surface area (Å²) in [6.45, 7) is 5.78. The van der Waals surface area contributed by atoms with E-state index in [2.05, 4.69) is 4.90 Å². The highest BCUT2D eigenvalue weighted by molar-refractivity contribution is 5.06. The summed E-state index contributed by atoms with van der Waals surface area (Å²) in [6, 6.07) is 3.78. The summed E-state index contributed by atoms with van der Waals surface area (Å²) in [5.74, 6) is 1.58. The second-order valence-corrected chi connectivity index (χ2v) is 4.46. The molecule has 0 bridgehead atoms. The van der Waals surface area contributed by atoms with Crippen LogP contribution in [0.2, 0.25) is 0 Å². The zero-order valence-corrected chi connectivity index (χ0v) is 10.4. The van der Waals surface area contributed by atoms with E-state index in [1.807, 2.05) is 19.1 Å². The standard InChI is InChI=1S/C13H21NO3/c1-2-16-11-5-7-14(8-6-11)9-12-3-4-13(10-15)17-12/h3-4,11,15H,2,5-10H2,1H3. The van der Waals surface area contributed by atoms with Crippen molar-refractivity contribution < 1.29 is 14.3 Å². The fraction of sp³-hybridized carbons (Fsp3) is 0.692. The first-order valence-electron chi connectivity index (χ1n) is 6.34. The third kappa shape index (κ3) is 3.56. The molecule has 0 amide bonds. The molecule has 1 aromatic rings. The zero-order chi connectivity index (χ0) is 12.1. The summed E-state index contributed by atoms with van der Waals surface area (Å²) < 4.78 is 11.1. The molecule has 0 aliphatic carbocycles. The minimum atomic E-state index is -0.0214. The third-order valence-corrected chi connectivity index (χ3v) is 3.19. The smallest absolute Gasteiger partial charge is 0.129 e. The molecule has 1 fully saturated rings. The van der Waals surface area contributed by atoms with Crippen molar-refractivity contribution in [1.82, 2.24) is 4.90 Å². The van der Waals surface area contributed by atoms with Crippen molar-refractivity contribution in [1.29, 1.82) is 0 Å². The molecule has 1 aliphatic rings. The van der Waals surface area contributed by atoms with Gasteiger partial charge < -0.3 is 14.3 Å². The molecule has 96 valence electrons. The van der Waals surface area contributed by atoms with Gasteiger partial charge in [-0.2, -0.15) is 0 Å². The summed E-state index contributed by atoms with van der Waals surface area (Å²) in [4.78, 5) is 2.37. The number of furan rings is 1. The predicted molar refractivity (Wildman–Crippen MR) is 64.6 cm³/mol. The van der Waals surface area contributed by atoms with Gasteiger partial charge in [-0.3, -0.25) is 4.90 Å². The maximum atomic E-state index is 8.93. The molecule has 0 spiro atoms. The SMILES string of the molecule is CCOC1CCN(Cc2ccc(CO)o2)CC1. The van der Waals surface area contributed by atoms with E-state index in [1.165, 1.54) is 0 Å². The average Bonchev–Trinajstić information content (AvgIpc) is 2.80. The lowest BCUT2D eigenvalue weighted by atomic mass is 10.1. The van der Waals surface area contributed by atoms with Gasteiger partial charge in [-0.25, -0.2) is 0 Å². The Kier molecular flexibility index (Phi) is 4.59. The molecule has 0 radical (unpaired) electrons. The number of hydrogen-bond donors (Lipinski definition) is 1. The Morgan fingerprint density at radius 3 is 2.65 bits per heavy atom. The molecule has 17 heavy (non-hydrogen) atoms. The van der Waals surface area contributed by atoms with Gasteiger partial charge >= 0.3 is 0 Å². The molecule has 0 unspecified atom stereocenters. The number of ether oxygens (including phenoxy) is 1. The summed E-state index contributed by atoms with van der Waals surface area (Å²) in [6.07, 6.45) is 2.63.